The molecule has 5 nitrogen and oxygen atoms in total. The third-order valence-corrected chi connectivity index (χ3v) is 3.31. The van der Waals surface area contributed by atoms with Gasteiger partial charge in [-0.25, -0.2) is 9.18 Å². The molecule has 1 atom stereocenters. The van der Waals surface area contributed by atoms with Gasteiger partial charge in [0, 0.05) is 0 Å². The number of halogens is 4. The Morgan fingerprint density at radius 1 is 1.07 bits per heavy atom. The summed E-state index contributed by atoms with van der Waals surface area (Å²) >= 11 is 0. The number of amides is 1. The van der Waals surface area contributed by atoms with Crippen LogP contribution in [-0.4, -0.2) is 24.6 Å². The molecule has 0 aliphatic carbocycles. The first-order valence-corrected chi connectivity index (χ1v) is 7.72. The van der Waals surface area contributed by atoms with Crippen LogP contribution < -0.4 is 10.1 Å². The van der Waals surface area contributed by atoms with Crippen LogP contribution >= 0.6 is 0 Å². The predicted octanol–water partition coefficient (Wildman–Crippen LogP) is 3.79. The molecule has 2 rings (SSSR count). The molecule has 2 aromatic carbocycles. The zero-order chi connectivity index (χ0) is 20.0. The van der Waals surface area contributed by atoms with Gasteiger partial charge in [-0.15, -0.1) is 0 Å². The molecule has 0 unspecified atom stereocenters. The monoisotopic (exact) mass is 385 g/mol. The number of para-hydroxylation sites is 1. The Morgan fingerprint density at radius 2 is 1.70 bits per heavy atom. The number of anilines is 1. The van der Waals surface area contributed by atoms with Crippen molar-refractivity contribution >= 4 is 17.6 Å². The van der Waals surface area contributed by atoms with E-state index in [-0.39, 0.29) is 5.75 Å². The Balaban J connectivity index is 1.88. The largest absolute Gasteiger partial charge is 0.479 e. The van der Waals surface area contributed by atoms with Crippen LogP contribution in [0.2, 0.25) is 0 Å². The summed E-state index contributed by atoms with van der Waals surface area (Å²) in [6.07, 6.45) is -5.75. The maximum Gasteiger partial charge on any atom is 0.418 e. The first-order valence-electron chi connectivity index (χ1n) is 7.72. The number of benzene rings is 2. The SMILES string of the molecule is C[C@@H](Oc1ccc(F)cc1)C(=O)OCC(=O)Nc1ccccc1C(F)(F)F. The van der Waals surface area contributed by atoms with Gasteiger partial charge >= 0.3 is 12.1 Å². The van der Waals surface area contributed by atoms with E-state index in [1.54, 1.807) is 0 Å². The number of carbonyl (C=O) groups is 2. The van der Waals surface area contributed by atoms with Crippen molar-refractivity contribution in [1.82, 2.24) is 0 Å². The van der Waals surface area contributed by atoms with Crippen molar-refractivity contribution in [3.05, 3.63) is 59.9 Å². The van der Waals surface area contributed by atoms with Crippen molar-refractivity contribution in [3.63, 3.8) is 0 Å². The van der Waals surface area contributed by atoms with Crippen LogP contribution in [0.3, 0.4) is 0 Å². The fraction of sp³-hybridized carbons (Fsp3) is 0.222. The number of esters is 1. The van der Waals surface area contributed by atoms with Crippen LogP contribution in [0.15, 0.2) is 48.5 Å². The molecule has 0 bridgehead atoms. The van der Waals surface area contributed by atoms with E-state index in [4.69, 9.17) is 9.47 Å². The number of alkyl halides is 3. The first kappa shape index (κ1) is 20.2. The van der Waals surface area contributed by atoms with Crippen molar-refractivity contribution in [3.8, 4) is 5.75 Å². The van der Waals surface area contributed by atoms with Gasteiger partial charge in [-0.05, 0) is 43.3 Å². The van der Waals surface area contributed by atoms with Gasteiger partial charge in [-0.2, -0.15) is 13.2 Å². The number of nitrogens with one attached hydrogen (secondary N) is 1. The molecule has 0 spiro atoms. The number of ether oxygens (including phenoxy) is 2. The Hall–Kier alpha value is -3.10. The van der Waals surface area contributed by atoms with Gasteiger partial charge in [-0.1, -0.05) is 12.1 Å². The Labute approximate surface area is 151 Å². The zero-order valence-corrected chi connectivity index (χ0v) is 14.0. The van der Waals surface area contributed by atoms with E-state index in [9.17, 15) is 27.2 Å². The van der Waals surface area contributed by atoms with Crippen LogP contribution in [-0.2, 0) is 20.5 Å². The maximum absolute atomic E-state index is 12.9. The van der Waals surface area contributed by atoms with Crippen molar-refractivity contribution in [2.45, 2.75) is 19.2 Å². The van der Waals surface area contributed by atoms with E-state index in [0.717, 1.165) is 24.3 Å². The molecule has 0 aliphatic rings. The lowest BCUT2D eigenvalue weighted by Gasteiger charge is -2.15. The minimum absolute atomic E-state index is 0.212. The predicted molar refractivity (Wildman–Crippen MR) is 87.5 cm³/mol. The Morgan fingerprint density at radius 3 is 2.33 bits per heavy atom. The van der Waals surface area contributed by atoms with E-state index in [0.29, 0.717) is 0 Å². The molecular weight excluding hydrogens is 370 g/mol. The lowest BCUT2D eigenvalue weighted by Crippen LogP contribution is -2.30. The van der Waals surface area contributed by atoms with Gasteiger partial charge in [0.15, 0.2) is 12.7 Å². The molecular formula is C18H15F4NO4. The van der Waals surface area contributed by atoms with Crippen LogP contribution in [0.5, 0.6) is 5.75 Å². The van der Waals surface area contributed by atoms with Crippen LogP contribution in [0, 0.1) is 5.82 Å². The molecule has 0 aromatic heterocycles. The van der Waals surface area contributed by atoms with Crippen molar-refractivity contribution < 1.29 is 36.6 Å². The topological polar surface area (TPSA) is 64.6 Å². The maximum atomic E-state index is 12.9. The average molecular weight is 385 g/mol. The molecule has 0 fully saturated rings. The summed E-state index contributed by atoms with van der Waals surface area (Å²) in [6, 6.07) is 9.31. The average Bonchev–Trinajstić information content (AvgIpc) is 2.61. The van der Waals surface area contributed by atoms with E-state index in [1.807, 2.05) is 5.32 Å². The highest BCUT2D eigenvalue weighted by Gasteiger charge is 2.33. The second-order valence-electron chi connectivity index (χ2n) is 5.41. The molecule has 9 heteroatoms. The molecule has 0 heterocycles. The van der Waals surface area contributed by atoms with Gasteiger partial charge < -0.3 is 14.8 Å². The molecule has 1 N–H and O–H groups in total. The smallest absolute Gasteiger partial charge is 0.418 e. The van der Waals surface area contributed by atoms with Gasteiger partial charge in [0.2, 0.25) is 0 Å². The lowest BCUT2D eigenvalue weighted by atomic mass is 10.1. The van der Waals surface area contributed by atoms with E-state index < -0.39 is 47.8 Å². The van der Waals surface area contributed by atoms with Crippen molar-refractivity contribution in [1.29, 1.82) is 0 Å². The highest BCUT2D eigenvalue weighted by atomic mass is 19.4. The number of hydrogen-bond donors (Lipinski definition) is 1. The summed E-state index contributed by atoms with van der Waals surface area (Å²) in [5.74, 6) is -2.11. The summed E-state index contributed by atoms with van der Waals surface area (Å²) in [5, 5.41) is 2.05. The lowest BCUT2D eigenvalue weighted by molar-refractivity contribution is -0.153. The number of hydrogen-bond acceptors (Lipinski definition) is 4. The van der Waals surface area contributed by atoms with Crippen LogP contribution in [0.1, 0.15) is 12.5 Å². The van der Waals surface area contributed by atoms with Gasteiger partial charge in [0.1, 0.15) is 11.6 Å². The molecule has 0 saturated carbocycles. The third-order valence-electron chi connectivity index (χ3n) is 3.31. The number of rotatable bonds is 6. The van der Waals surface area contributed by atoms with E-state index in [1.165, 1.54) is 31.2 Å². The second-order valence-corrected chi connectivity index (χ2v) is 5.41. The Kier molecular flexibility index (Phi) is 6.38. The summed E-state index contributed by atoms with van der Waals surface area (Å²) in [7, 11) is 0. The minimum Gasteiger partial charge on any atom is -0.479 e. The molecule has 0 radical (unpaired) electrons. The number of carbonyl (C=O) groups excluding carboxylic acids is 2. The molecule has 27 heavy (non-hydrogen) atoms. The fourth-order valence-corrected chi connectivity index (χ4v) is 2.05. The standard InChI is InChI=1S/C18H15F4NO4/c1-11(27-13-8-6-12(19)7-9-13)17(25)26-10-16(24)23-15-5-3-2-4-14(15)18(20,21)22/h2-9,11H,10H2,1H3,(H,23,24)/t11-/m1/s1. The molecule has 144 valence electrons. The quantitative estimate of drug-likeness (QED) is 0.607. The highest BCUT2D eigenvalue weighted by molar-refractivity contribution is 5.93. The third kappa shape index (κ3) is 5.98. The molecule has 1 amide bonds. The summed E-state index contributed by atoms with van der Waals surface area (Å²) in [5.41, 5.74) is -1.46. The zero-order valence-electron chi connectivity index (χ0n) is 14.0. The van der Waals surface area contributed by atoms with Crippen molar-refractivity contribution in [2.24, 2.45) is 0 Å². The molecule has 0 saturated heterocycles. The summed E-state index contributed by atoms with van der Waals surface area (Å²) < 4.78 is 61.4. The Bertz CT molecular complexity index is 806. The van der Waals surface area contributed by atoms with Gasteiger partial charge in [0.05, 0.1) is 11.3 Å². The molecule has 2 aromatic rings. The summed E-state index contributed by atoms with van der Waals surface area (Å²) in [6.45, 7) is 0.560. The summed E-state index contributed by atoms with van der Waals surface area (Å²) in [4.78, 5) is 23.6. The van der Waals surface area contributed by atoms with E-state index >= 15 is 0 Å². The highest BCUT2D eigenvalue weighted by Crippen LogP contribution is 2.34. The minimum atomic E-state index is -4.64. The van der Waals surface area contributed by atoms with Crippen molar-refractivity contribution in [2.75, 3.05) is 11.9 Å². The fourth-order valence-electron chi connectivity index (χ4n) is 2.05. The van der Waals surface area contributed by atoms with Gasteiger partial charge in [-0.3, -0.25) is 4.79 Å². The molecule has 0 aliphatic heterocycles. The second kappa shape index (κ2) is 8.52. The van der Waals surface area contributed by atoms with Crippen LogP contribution in [0.4, 0.5) is 23.2 Å². The normalized spacial score (nSPS) is 12.2. The first-order chi connectivity index (χ1) is 12.7. The van der Waals surface area contributed by atoms with Gasteiger partial charge in [0.25, 0.3) is 5.91 Å². The van der Waals surface area contributed by atoms with Crippen LogP contribution in [0.25, 0.3) is 0 Å². The van der Waals surface area contributed by atoms with E-state index in [2.05, 4.69) is 0 Å².